The SMILES string of the molecule is CC(C)n1cc([C@]2(O)CCN(c3ccnc4c3cnn4C)C2)nn1. The molecule has 0 spiro atoms. The van der Waals surface area contributed by atoms with Gasteiger partial charge < -0.3 is 10.0 Å². The topological polar surface area (TPSA) is 84.9 Å². The summed E-state index contributed by atoms with van der Waals surface area (Å²) >= 11 is 0. The van der Waals surface area contributed by atoms with E-state index in [9.17, 15) is 5.11 Å². The average Bonchev–Trinajstić information content (AvgIpc) is 3.27. The molecular formula is C16H21N7O. The fourth-order valence-electron chi connectivity index (χ4n) is 3.26. The summed E-state index contributed by atoms with van der Waals surface area (Å²) in [7, 11) is 1.88. The molecule has 8 nitrogen and oxygen atoms in total. The molecule has 3 aromatic rings. The molecule has 3 aromatic heterocycles. The molecule has 0 saturated carbocycles. The number of rotatable bonds is 3. The molecule has 1 saturated heterocycles. The Kier molecular flexibility index (Phi) is 3.31. The van der Waals surface area contributed by atoms with Crippen molar-refractivity contribution in [3.8, 4) is 0 Å². The Morgan fingerprint density at radius 3 is 2.92 bits per heavy atom. The number of aliphatic hydroxyl groups is 1. The lowest BCUT2D eigenvalue weighted by Crippen LogP contribution is -2.31. The highest BCUT2D eigenvalue weighted by Gasteiger charge is 2.40. The summed E-state index contributed by atoms with van der Waals surface area (Å²) in [5, 5.41) is 24.7. The van der Waals surface area contributed by atoms with Gasteiger partial charge in [0.25, 0.3) is 0 Å². The molecule has 8 heteroatoms. The zero-order valence-electron chi connectivity index (χ0n) is 14.1. The Labute approximate surface area is 139 Å². The number of hydrogen-bond donors (Lipinski definition) is 1. The Bertz CT molecular complexity index is 884. The number of fused-ring (bicyclic) bond motifs is 1. The number of β-amino-alcohol motifs (C(OH)–C–C–N with tert-alkyl or cyclic N) is 1. The zero-order valence-corrected chi connectivity index (χ0v) is 14.1. The predicted octanol–water partition coefficient (Wildman–Crippen LogP) is 1.24. The summed E-state index contributed by atoms with van der Waals surface area (Å²) in [6.45, 7) is 5.32. The summed E-state index contributed by atoms with van der Waals surface area (Å²) < 4.78 is 3.54. The molecule has 0 aromatic carbocycles. The maximum atomic E-state index is 11.1. The number of nitrogens with zero attached hydrogens (tertiary/aromatic N) is 7. The molecule has 0 aliphatic carbocycles. The van der Waals surface area contributed by atoms with Gasteiger partial charge in [-0.05, 0) is 19.9 Å². The smallest absolute Gasteiger partial charge is 0.159 e. The normalized spacial score (nSPS) is 21.3. The minimum absolute atomic E-state index is 0.225. The molecular weight excluding hydrogens is 306 g/mol. The van der Waals surface area contributed by atoms with Crippen LogP contribution in [0.1, 0.15) is 32.0 Å². The van der Waals surface area contributed by atoms with E-state index in [1.807, 2.05) is 39.4 Å². The summed E-state index contributed by atoms with van der Waals surface area (Å²) in [6.07, 6.45) is 6.07. The van der Waals surface area contributed by atoms with E-state index < -0.39 is 5.60 Å². The summed E-state index contributed by atoms with van der Waals surface area (Å²) in [5.41, 5.74) is 1.54. The first-order valence-electron chi connectivity index (χ1n) is 8.14. The second-order valence-corrected chi connectivity index (χ2v) is 6.72. The van der Waals surface area contributed by atoms with Crippen LogP contribution >= 0.6 is 0 Å². The van der Waals surface area contributed by atoms with E-state index in [1.165, 1.54) is 0 Å². The largest absolute Gasteiger partial charge is 0.381 e. The Balaban J connectivity index is 1.65. The second kappa shape index (κ2) is 5.27. The highest BCUT2D eigenvalue weighted by Crippen LogP contribution is 2.36. The lowest BCUT2D eigenvalue weighted by atomic mass is 10.00. The van der Waals surface area contributed by atoms with E-state index in [0.29, 0.717) is 18.7 Å². The molecule has 4 rings (SSSR count). The van der Waals surface area contributed by atoms with Crippen LogP contribution in [0.3, 0.4) is 0 Å². The van der Waals surface area contributed by atoms with Gasteiger partial charge in [-0.1, -0.05) is 5.21 Å². The van der Waals surface area contributed by atoms with Crippen molar-refractivity contribution in [3.05, 3.63) is 30.4 Å². The lowest BCUT2D eigenvalue weighted by Gasteiger charge is -2.22. The van der Waals surface area contributed by atoms with Gasteiger partial charge in [0.2, 0.25) is 0 Å². The van der Waals surface area contributed by atoms with Crippen LogP contribution in [-0.2, 0) is 12.6 Å². The number of anilines is 1. The van der Waals surface area contributed by atoms with Gasteiger partial charge in [-0.2, -0.15) is 5.10 Å². The van der Waals surface area contributed by atoms with Crippen LogP contribution in [0.5, 0.6) is 0 Å². The van der Waals surface area contributed by atoms with Gasteiger partial charge in [0.1, 0.15) is 11.3 Å². The molecule has 0 radical (unpaired) electrons. The minimum atomic E-state index is -0.981. The molecule has 1 atom stereocenters. The lowest BCUT2D eigenvalue weighted by molar-refractivity contribution is 0.0559. The predicted molar refractivity (Wildman–Crippen MR) is 89.6 cm³/mol. The van der Waals surface area contributed by atoms with Gasteiger partial charge in [-0.3, -0.25) is 4.68 Å². The average molecular weight is 327 g/mol. The summed E-state index contributed by atoms with van der Waals surface area (Å²) in [4.78, 5) is 6.54. The molecule has 0 amide bonds. The molecule has 4 heterocycles. The third-order valence-corrected chi connectivity index (χ3v) is 4.72. The van der Waals surface area contributed by atoms with Gasteiger partial charge in [-0.15, -0.1) is 5.10 Å². The van der Waals surface area contributed by atoms with Crippen molar-refractivity contribution >= 4 is 16.7 Å². The zero-order chi connectivity index (χ0) is 16.9. The van der Waals surface area contributed by atoms with E-state index in [2.05, 4.69) is 25.3 Å². The van der Waals surface area contributed by atoms with E-state index >= 15 is 0 Å². The van der Waals surface area contributed by atoms with Crippen LogP contribution in [-0.4, -0.2) is 48.0 Å². The number of aryl methyl sites for hydroxylation is 1. The van der Waals surface area contributed by atoms with E-state index in [-0.39, 0.29) is 6.04 Å². The van der Waals surface area contributed by atoms with Crippen LogP contribution in [0.15, 0.2) is 24.7 Å². The first-order chi connectivity index (χ1) is 11.5. The molecule has 0 bridgehead atoms. The standard InChI is InChI=1S/C16H21N7O/c1-11(2)23-9-14(19-20-23)16(24)5-7-22(10-16)13-4-6-17-15-12(13)8-18-21(15)3/h4,6,8-9,11,24H,5,7,10H2,1-3H3/t16-/m0/s1. The molecule has 1 N–H and O–H groups in total. The molecule has 1 aliphatic heterocycles. The first kappa shape index (κ1) is 15.1. The molecule has 24 heavy (non-hydrogen) atoms. The van der Waals surface area contributed by atoms with Crippen molar-refractivity contribution in [2.75, 3.05) is 18.0 Å². The molecule has 126 valence electrons. The van der Waals surface area contributed by atoms with Crippen molar-refractivity contribution in [2.24, 2.45) is 7.05 Å². The van der Waals surface area contributed by atoms with Crippen LogP contribution in [0, 0.1) is 0 Å². The van der Waals surface area contributed by atoms with E-state index in [0.717, 1.165) is 23.3 Å². The van der Waals surface area contributed by atoms with Gasteiger partial charge in [0.15, 0.2) is 5.65 Å². The quantitative estimate of drug-likeness (QED) is 0.779. The van der Waals surface area contributed by atoms with Crippen molar-refractivity contribution in [2.45, 2.75) is 31.9 Å². The van der Waals surface area contributed by atoms with Crippen LogP contribution in [0.4, 0.5) is 5.69 Å². The van der Waals surface area contributed by atoms with Crippen molar-refractivity contribution in [3.63, 3.8) is 0 Å². The van der Waals surface area contributed by atoms with Crippen molar-refractivity contribution < 1.29 is 5.11 Å². The van der Waals surface area contributed by atoms with Gasteiger partial charge in [0.05, 0.1) is 30.0 Å². The fourth-order valence-corrected chi connectivity index (χ4v) is 3.26. The Hall–Kier alpha value is -2.48. The third kappa shape index (κ3) is 2.25. The Morgan fingerprint density at radius 2 is 2.17 bits per heavy atom. The van der Waals surface area contributed by atoms with Crippen LogP contribution in [0.25, 0.3) is 11.0 Å². The second-order valence-electron chi connectivity index (χ2n) is 6.72. The summed E-state index contributed by atoms with van der Waals surface area (Å²) in [6, 6.07) is 2.20. The van der Waals surface area contributed by atoms with Crippen molar-refractivity contribution in [1.29, 1.82) is 0 Å². The van der Waals surface area contributed by atoms with Gasteiger partial charge in [-0.25, -0.2) is 9.67 Å². The first-order valence-corrected chi connectivity index (χ1v) is 8.14. The fraction of sp³-hybridized carbons (Fsp3) is 0.500. The van der Waals surface area contributed by atoms with Crippen LogP contribution in [0.2, 0.25) is 0 Å². The highest BCUT2D eigenvalue weighted by molar-refractivity contribution is 5.89. The highest BCUT2D eigenvalue weighted by atomic mass is 16.3. The van der Waals surface area contributed by atoms with Crippen molar-refractivity contribution in [1.82, 2.24) is 29.8 Å². The number of hydrogen-bond acceptors (Lipinski definition) is 6. The Morgan fingerprint density at radius 1 is 1.33 bits per heavy atom. The monoisotopic (exact) mass is 327 g/mol. The van der Waals surface area contributed by atoms with Gasteiger partial charge >= 0.3 is 0 Å². The minimum Gasteiger partial charge on any atom is -0.381 e. The molecule has 0 unspecified atom stereocenters. The maximum Gasteiger partial charge on any atom is 0.159 e. The molecule has 1 fully saturated rings. The number of aromatic nitrogens is 6. The van der Waals surface area contributed by atoms with E-state index in [1.54, 1.807) is 15.6 Å². The number of pyridine rings is 1. The van der Waals surface area contributed by atoms with Crippen LogP contribution < -0.4 is 4.90 Å². The summed E-state index contributed by atoms with van der Waals surface area (Å²) in [5.74, 6) is 0. The third-order valence-electron chi connectivity index (χ3n) is 4.72. The van der Waals surface area contributed by atoms with Gasteiger partial charge in [0, 0.05) is 32.3 Å². The molecule has 1 aliphatic rings. The van der Waals surface area contributed by atoms with E-state index in [4.69, 9.17) is 0 Å². The maximum absolute atomic E-state index is 11.1.